The second kappa shape index (κ2) is 8.23. The molecule has 2 fully saturated rings. The lowest BCUT2D eigenvalue weighted by Crippen LogP contribution is -2.44. The number of hydrogen-bond acceptors (Lipinski definition) is 3. The van der Waals surface area contributed by atoms with E-state index < -0.39 is 0 Å². The van der Waals surface area contributed by atoms with Gasteiger partial charge in [-0.3, -0.25) is 9.69 Å². The topological polar surface area (TPSA) is 48.6 Å². The van der Waals surface area contributed by atoms with Crippen LogP contribution in [0.1, 0.15) is 24.8 Å². The number of para-hydroxylation sites is 1. The number of morpholine rings is 1. The summed E-state index contributed by atoms with van der Waals surface area (Å²) in [5, 5.41) is 1.24. The number of ether oxygens (including phenoxy) is 1. The summed E-state index contributed by atoms with van der Waals surface area (Å²) < 4.78 is 5.42. The summed E-state index contributed by atoms with van der Waals surface area (Å²) >= 11 is 0. The normalized spacial score (nSPS) is 19.9. The number of carbonyl (C=O) groups excluding carboxylic acids is 1. The van der Waals surface area contributed by atoms with Gasteiger partial charge in [-0.15, -0.1) is 0 Å². The SMILES string of the molecule is O=C(CCc1c[nH]c2ccccc12)N1CCC(CN2CCOCC2)CC1. The molecule has 2 aliphatic heterocycles. The molecular weight excluding hydrogens is 326 g/mol. The Balaban J connectivity index is 1.23. The molecule has 0 aliphatic carbocycles. The van der Waals surface area contributed by atoms with E-state index >= 15 is 0 Å². The molecule has 1 amide bonds. The fraction of sp³-hybridized carbons (Fsp3) is 0.571. The summed E-state index contributed by atoms with van der Waals surface area (Å²) in [6, 6.07) is 8.30. The second-order valence-corrected chi connectivity index (χ2v) is 7.60. The van der Waals surface area contributed by atoms with Gasteiger partial charge in [0.2, 0.25) is 5.91 Å². The van der Waals surface area contributed by atoms with Gasteiger partial charge in [0, 0.05) is 56.2 Å². The van der Waals surface area contributed by atoms with Crippen molar-refractivity contribution in [1.29, 1.82) is 0 Å². The van der Waals surface area contributed by atoms with Crippen molar-refractivity contribution in [3.63, 3.8) is 0 Å². The molecule has 1 aromatic carbocycles. The summed E-state index contributed by atoms with van der Waals surface area (Å²) in [5.41, 5.74) is 2.40. The number of nitrogens with zero attached hydrogens (tertiary/aromatic N) is 2. The minimum Gasteiger partial charge on any atom is -0.379 e. The molecule has 0 atom stereocenters. The van der Waals surface area contributed by atoms with Crippen LogP contribution in [0.25, 0.3) is 10.9 Å². The lowest BCUT2D eigenvalue weighted by molar-refractivity contribution is -0.132. The van der Waals surface area contributed by atoms with Crippen molar-refractivity contribution in [3.05, 3.63) is 36.0 Å². The fourth-order valence-corrected chi connectivity index (χ4v) is 4.25. The van der Waals surface area contributed by atoms with E-state index in [0.717, 1.165) is 70.1 Å². The minimum atomic E-state index is 0.306. The Labute approximate surface area is 155 Å². The molecule has 0 bridgehead atoms. The van der Waals surface area contributed by atoms with Crippen molar-refractivity contribution in [2.75, 3.05) is 45.9 Å². The molecule has 1 aromatic heterocycles. The highest BCUT2D eigenvalue weighted by molar-refractivity contribution is 5.84. The number of likely N-dealkylation sites (tertiary alicyclic amines) is 1. The van der Waals surface area contributed by atoms with Crippen LogP contribution in [0.2, 0.25) is 0 Å². The third-order valence-electron chi connectivity index (χ3n) is 5.87. The van der Waals surface area contributed by atoms with Gasteiger partial charge in [-0.1, -0.05) is 18.2 Å². The number of aromatic nitrogens is 1. The fourth-order valence-electron chi connectivity index (χ4n) is 4.25. The van der Waals surface area contributed by atoms with Gasteiger partial charge in [0.25, 0.3) is 0 Å². The molecule has 0 spiro atoms. The van der Waals surface area contributed by atoms with Gasteiger partial charge in [-0.2, -0.15) is 0 Å². The molecule has 0 saturated carbocycles. The lowest BCUT2D eigenvalue weighted by Gasteiger charge is -2.36. The second-order valence-electron chi connectivity index (χ2n) is 7.60. The first-order chi connectivity index (χ1) is 12.8. The smallest absolute Gasteiger partial charge is 0.222 e. The molecule has 26 heavy (non-hydrogen) atoms. The number of piperidine rings is 1. The number of amides is 1. The van der Waals surface area contributed by atoms with Crippen molar-refractivity contribution < 1.29 is 9.53 Å². The van der Waals surface area contributed by atoms with Crippen LogP contribution in [0.5, 0.6) is 0 Å². The minimum absolute atomic E-state index is 0.306. The molecule has 0 unspecified atom stereocenters. The highest BCUT2D eigenvalue weighted by Crippen LogP contribution is 2.22. The van der Waals surface area contributed by atoms with Crippen molar-refractivity contribution in [3.8, 4) is 0 Å². The molecule has 5 nitrogen and oxygen atoms in total. The molecule has 1 N–H and O–H groups in total. The Bertz CT molecular complexity index is 728. The number of carbonyl (C=O) groups is 1. The quantitative estimate of drug-likeness (QED) is 0.897. The van der Waals surface area contributed by atoms with Crippen molar-refractivity contribution in [2.45, 2.75) is 25.7 Å². The predicted molar refractivity (Wildman–Crippen MR) is 103 cm³/mol. The standard InChI is InChI=1S/C21H29N3O2/c25-21(6-5-18-15-22-20-4-2-1-3-19(18)20)24-9-7-17(8-10-24)16-23-11-13-26-14-12-23/h1-4,15,17,22H,5-14,16H2. The van der Waals surface area contributed by atoms with Crippen LogP contribution in [-0.2, 0) is 16.0 Å². The largest absolute Gasteiger partial charge is 0.379 e. The van der Waals surface area contributed by atoms with Gasteiger partial charge < -0.3 is 14.6 Å². The molecular formula is C21H29N3O2. The summed E-state index contributed by atoms with van der Waals surface area (Å²) in [7, 11) is 0. The van der Waals surface area contributed by atoms with E-state index in [2.05, 4.69) is 33.0 Å². The third kappa shape index (κ3) is 4.10. The van der Waals surface area contributed by atoms with Crippen LogP contribution < -0.4 is 0 Å². The van der Waals surface area contributed by atoms with Crippen LogP contribution in [0.4, 0.5) is 0 Å². The van der Waals surface area contributed by atoms with Crippen LogP contribution >= 0.6 is 0 Å². The monoisotopic (exact) mass is 355 g/mol. The summed E-state index contributed by atoms with van der Waals surface area (Å²) in [5.74, 6) is 1.03. The number of aromatic amines is 1. The average molecular weight is 355 g/mol. The first-order valence-electron chi connectivity index (χ1n) is 9.92. The Hall–Kier alpha value is -1.85. The van der Waals surface area contributed by atoms with Crippen LogP contribution in [-0.4, -0.2) is 66.6 Å². The zero-order valence-electron chi connectivity index (χ0n) is 15.5. The van der Waals surface area contributed by atoms with Gasteiger partial charge in [0.05, 0.1) is 13.2 Å². The number of H-pyrrole nitrogens is 1. The number of hydrogen-bond donors (Lipinski definition) is 1. The Morgan fingerprint density at radius 3 is 2.69 bits per heavy atom. The van der Waals surface area contributed by atoms with Crippen molar-refractivity contribution >= 4 is 16.8 Å². The molecule has 2 aromatic rings. The molecule has 0 radical (unpaired) electrons. The lowest BCUT2D eigenvalue weighted by atomic mass is 9.95. The van der Waals surface area contributed by atoms with Crippen LogP contribution in [0, 0.1) is 5.92 Å². The number of aryl methyl sites for hydroxylation is 1. The first-order valence-corrected chi connectivity index (χ1v) is 9.92. The first kappa shape index (κ1) is 17.6. The Morgan fingerprint density at radius 2 is 1.88 bits per heavy atom. The molecule has 2 aliphatic rings. The van der Waals surface area contributed by atoms with Gasteiger partial charge in [0.1, 0.15) is 0 Å². The van der Waals surface area contributed by atoms with Crippen molar-refractivity contribution in [1.82, 2.24) is 14.8 Å². The highest BCUT2D eigenvalue weighted by atomic mass is 16.5. The van der Waals surface area contributed by atoms with E-state index in [0.29, 0.717) is 12.3 Å². The molecule has 5 heteroatoms. The average Bonchev–Trinajstić information content (AvgIpc) is 3.11. The van der Waals surface area contributed by atoms with E-state index in [1.807, 2.05) is 12.3 Å². The zero-order valence-corrected chi connectivity index (χ0v) is 15.5. The Kier molecular flexibility index (Phi) is 5.56. The third-order valence-corrected chi connectivity index (χ3v) is 5.87. The maximum absolute atomic E-state index is 12.6. The van der Waals surface area contributed by atoms with Crippen LogP contribution in [0.15, 0.2) is 30.5 Å². The maximum Gasteiger partial charge on any atom is 0.222 e. The summed E-state index contributed by atoms with van der Waals surface area (Å²) in [6.07, 6.45) is 5.74. The number of rotatable bonds is 5. The van der Waals surface area contributed by atoms with Gasteiger partial charge in [-0.25, -0.2) is 0 Å². The van der Waals surface area contributed by atoms with E-state index in [4.69, 9.17) is 4.74 Å². The van der Waals surface area contributed by atoms with E-state index in [9.17, 15) is 4.79 Å². The molecule has 140 valence electrons. The van der Waals surface area contributed by atoms with Gasteiger partial charge in [0.15, 0.2) is 0 Å². The van der Waals surface area contributed by atoms with Gasteiger partial charge in [-0.05, 0) is 36.8 Å². The van der Waals surface area contributed by atoms with Gasteiger partial charge >= 0.3 is 0 Å². The highest BCUT2D eigenvalue weighted by Gasteiger charge is 2.24. The molecule has 2 saturated heterocycles. The number of nitrogens with one attached hydrogen (secondary N) is 1. The van der Waals surface area contributed by atoms with Crippen molar-refractivity contribution in [2.24, 2.45) is 5.92 Å². The predicted octanol–water partition coefficient (Wildman–Crippen LogP) is 2.67. The molecule has 3 heterocycles. The Morgan fingerprint density at radius 1 is 1.12 bits per heavy atom. The van der Waals surface area contributed by atoms with E-state index in [1.54, 1.807) is 0 Å². The zero-order chi connectivity index (χ0) is 17.8. The van der Waals surface area contributed by atoms with Crippen LogP contribution in [0.3, 0.4) is 0 Å². The summed E-state index contributed by atoms with van der Waals surface area (Å²) in [4.78, 5) is 20.5. The van der Waals surface area contributed by atoms with E-state index in [-0.39, 0.29) is 0 Å². The molecule has 4 rings (SSSR count). The summed E-state index contributed by atoms with van der Waals surface area (Å²) in [6.45, 7) is 6.86. The number of fused-ring (bicyclic) bond motifs is 1. The maximum atomic E-state index is 12.6. The van der Waals surface area contributed by atoms with E-state index in [1.165, 1.54) is 17.5 Å². The number of benzene rings is 1.